The molecule has 1 N–H and O–H groups in total. The van der Waals surface area contributed by atoms with Crippen molar-refractivity contribution >= 4 is 10.9 Å². The van der Waals surface area contributed by atoms with Gasteiger partial charge in [-0.2, -0.15) is 5.10 Å². The van der Waals surface area contributed by atoms with Gasteiger partial charge in [0.15, 0.2) is 0 Å². The molecule has 0 amide bonds. The number of aryl methyl sites for hydroxylation is 1. The number of nitrogens with one attached hydrogen (secondary N) is 1. The molecule has 3 rings (SSSR count). The van der Waals surface area contributed by atoms with Crippen molar-refractivity contribution in [3.63, 3.8) is 0 Å². The molecule has 0 radical (unpaired) electrons. The fourth-order valence-electron chi connectivity index (χ4n) is 1.58. The maximum atomic E-state index is 5.69. The summed E-state index contributed by atoms with van der Waals surface area (Å²) in [5.41, 5.74) is 2.10. The van der Waals surface area contributed by atoms with Crippen LogP contribution in [0.3, 0.4) is 0 Å². The molecule has 1 aromatic heterocycles. The lowest BCUT2D eigenvalue weighted by Gasteiger charge is -2.02. The van der Waals surface area contributed by atoms with E-state index in [0.29, 0.717) is 6.10 Å². The third-order valence-electron chi connectivity index (χ3n) is 2.54. The van der Waals surface area contributed by atoms with Crippen molar-refractivity contribution in [2.75, 3.05) is 0 Å². The van der Waals surface area contributed by atoms with Crippen LogP contribution in [0, 0.1) is 6.92 Å². The fraction of sp³-hybridized carbons (Fsp3) is 0.364. The molecule has 3 heteroatoms. The van der Waals surface area contributed by atoms with Crippen molar-refractivity contribution < 1.29 is 4.74 Å². The first kappa shape index (κ1) is 7.85. The lowest BCUT2D eigenvalue weighted by Crippen LogP contribution is -1.94. The Morgan fingerprint density at radius 2 is 2.29 bits per heavy atom. The van der Waals surface area contributed by atoms with E-state index in [0.717, 1.165) is 17.0 Å². The van der Waals surface area contributed by atoms with Gasteiger partial charge in [-0.25, -0.2) is 0 Å². The summed E-state index contributed by atoms with van der Waals surface area (Å²) in [4.78, 5) is 0. The summed E-state index contributed by atoms with van der Waals surface area (Å²) in [7, 11) is 0. The van der Waals surface area contributed by atoms with Gasteiger partial charge in [0.05, 0.1) is 11.6 Å². The molecule has 72 valence electrons. The van der Waals surface area contributed by atoms with E-state index >= 15 is 0 Å². The van der Waals surface area contributed by atoms with Gasteiger partial charge >= 0.3 is 0 Å². The second-order valence-electron chi connectivity index (χ2n) is 3.84. The number of hydrogen-bond acceptors (Lipinski definition) is 2. The zero-order chi connectivity index (χ0) is 9.54. The predicted molar refractivity (Wildman–Crippen MR) is 54.5 cm³/mol. The first-order valence-electron chi connectivity index (χ1n) is 4.94. The van der Waals surface area contributed by atoms with Crippen LogP contribution in [0.5, 0.6) is 5.75 Å². The molecule has 0 aliphatic heterocycles. The third kappa shape index (κ3) is 1.25. The van der Waals surface area contributed by atoms with E-state index in [1.54, 1.807) is 0 Å². The van der Waals surface area contributed by atoms with E-state index in [1.165, 1.54) is 18.2 Å². The molecule has 3 nitrogen and oxygen atoms in total. The van der Waals surface area contributed by atoms with Gasteiger partial charge in [-0.15, -0.1) is 0 Å². The fourth-order valence-corrected chi connectivity index (χ4v) is 1.58. The topological polar surface area (TPSA) is 37.9 Å². The average Bonchev–Trinajstić information content (AvgIpc) is 2.92. The summed E-state index contributed by atoms with van der Waals surface area (Å²) in [5, 5.41) is 8.34. The first-order valence-corrected chi connectivity index (χ1v) is 4.94. The maximum absolute atomic E-state index is 5.69. The normalized spacial score (nSPS) is 16.1. The van der Waals surface area contributed by atoms with Crippen molar-refractivity contribution in [3.8, 4) is 5.75 Å². The van der Waals surface area contributed by atoms with Crippen molar-refractivity contribution in [2.45, 2.75) is 25.9 Å². The van der Waals surface area contributed by atoms with E-state index in [-0.39, 0.29) is 0 Å². The standard InChI is InChI=1S/C11H12N2O/c1-7-10-5-4-9(14-8-2-3-8)6-11(10)13-12-7/h4-6,8H,2-3H2,1H3,(H,12,13). The van der Waals surface area contributed by atoms with E-state index < -0.39 is 0 Å². The van der Waals surface area contributed by atoms with Crippen LogP contribution in [0.15, 0.2) is 18.2 Å². The molecule has 14 heavy (non-hydrogen) atoms. The summed E-state index contributed by atoms with van der Waals surface area (Å²) in [6.07, 6.45) is 2.84. The highest BCUT2D eigenvalue weighted by atomic mass is 16.5. The highest BCUT2D eigenvalue weighted by Crippen LogP contribution is 2.28. The molecule has 0 atom stereocenters. The van der Waals surface area contributed by atoms with Gasteiger partial charge in [-0.05, 0) is 31.9 Å². The minimum Gasteiger partial charge on any atom is -0.490 e. The van der Waals surface area contributed by atoms with Gasteiger partial charge in [0.1, 0.15) is 5.75 Å². The zero-order valence-corrected chi connectivity index (χ0v) is 8.08. The SMILES string of the molecule is Cc1[nH]nc2cc(OC3CC3)ccc12. The van der Waals surface area contributed by atoms with Crippen molar-refractivity contribution in [1.82, 2.24) is 10.2 Å². The number of rotatable bonds is 2. The molecule has 1 saturated carbocycles. The quantitative estimate of drug-likeness (QED) is 0.785. The van der Waals surface area contributed by atoms with Crippen molar-refractivity contribution in [1.29, 1.82) is 0 Å². The molecule has 0 unspecified atom stereocenters. The Morgan fingerprint density at radius 3 is 3.07 bits per heavy atom. The Balaban J connectivity index is 2.01. The van der Waals surface area contributed by atoms with Crippen LogP contribution in [0.25, 0.3) is 10.9 Å². The van der Waals surface area contributed by atoms with Crippen LogP contribution in [-0.2, 0) is 0 Å². The second-order valence-corrected chi connectivity index (χ2v) is 3.84. The number of ether oxygens (including phenoxy) is 1. The molecular weight excluding hydrogens is 176 g/mol. The van der Waals surface area contributed by atoms with Gasteiger partial charge in [0.2, 0.25) is 0 Å². The number of aromatic amines is 1. The van der Waals surface area contributed by atoms with Crippen LogP contribution in [0.4, 0.5) is 0 Å². The number of benzene rings is 1. The highest BCUT2D eigenvalue weighted by molar-refractivity contribution is 5.82. The average molecular weight is 188 g/mol. The van der Waals surface area contributed by atoms with Crippen LogP contribution < -0.4 is 4.74 Å². The summed E-state index contributed by atoms with van der Waals surface area (Å²) < 4.78 is 5.69. The summed E-state index contributed by atoms with van der Waals surface area (Å²) in [6.45, 7) is 2.02. The summed E-state index contributed by atoms with van der Waals surface area (Å²) in [6, 6.07) is 6.08. The second kappa shape index (κ2) is 2.74. The number of nitrogens with zero attached hydrogens (tertiary/aromatic N) is 1. The molecule has 0 bridgehead atoms. The van der Waals surface area contributed by atoms with Crippen LogP contribution in [-0.4, -0.2) is 16.3 Å². The zero-order valence-electron chi connectivity index (χ0n) is 8.08. The van der Waals surface area contributed by atoms with Crippen LogP contribution >= 0.6 is 0 Å². The lowest BCUT2D eigenvalue weighted by molar-refractivity contribution is 0.303. The summed E-state index contributed by atoms with van der Waals surface area (Å²) in [5.74, 6) is 0.937. The molecule has 0 spiro atoms. The van der Waals surface area contributed by atoms with Crippen LogP contribution in [0.2, 0.25) is 0 Å². The van der Waals surface area contributed by atoms with Crippen molar-refractivity contribution in [2.24, 2.45) is 0 Å². The monoisotopic (exact) mass is 188 g/mol. The Morgan fingerprint density at radius 1 is 1.43 bits per heavy atom. The molecular formula is C11H12N2O. The van der Waals surface area contributed by atoms with E-state index in [9.17, 15) is 0 Å². The van der Waals surface area contributed by atoms with Gasteiger partial charge in [0, 0.05) is 17.1 Å². The molecule has 1 heterocycles. The van der Waals surface area contributed by atoms with E-state index in [2.05, 4.69) is 16.3 Å². The molecule has 1 aromatic carbocycles. The Labute approximate surface area is 82.1 Å². The minimum atomic E-state index is 0.451. The van der Waals surface area contributed by atoms with Gasteiger partial charge < -0.3 is 4.74 Å². The number of fused-ring (bicyclic) bond motifs is 1. The molecule has 0 saturated heterocycles. The van der Waals surface area contributed by atoms with Gasteiger partial charge in [-0.3, -0.25) is 5.10 Å². The minimum absolute atomic E-state index is 0.451. The maximum Gasteiger partial charge on any atom is 0.121 e. The first-order chi connectivity index (χ1) is 6.83. The molecule has 2 aromatic rings. The Bertz CT molecular complexity index is 471. The van der Waals surface area contributed by atoms with E-state index in [1.807, 2.05) is 19.1 Å². The van der Waals surface area contributed by atoms with Crippen LogP contribution in [0.1, 0.15) is 18.5 Å². The molecule has 1 aliphatic rings. The van der Waals surface area contributed by atoms with Gasteiger partial charge in [0.25, 0.3) is 0 Å². The number of H-pyrrole nitrogens is 1. The Hall–Kier alpha value is -1.51. The smallest absolute Gasteiger partial charge is 0.121 e. The largest absolute Gasteiger partial charge is 0.490 e. The van der Waals surface area contributed by atoms with Crippen molar-refractivity contribution in [3.05, 3.63) is 23.9 Å². The molecule has 1 fully saturated rings. The van der Waals surface area contributed by atoms with Gasteiger partial charge in [-0.1, -0.05) is 0 Å². The summed E-state index contributed by atoms with van der Waals surface area (Å²) >= 11 is 0. The lowest BCUT2D eigenvalue weighted by atomic mass is 10.2. The number of aromatic nitrogens is 2. The molecule has 1 aliphatic carbocycles. The Kier molecular flexibility index (Phi) is 1.54. The number of hydrogen-bond donors (Lipinski definition) is 1. The third-order valence-corrected chi connectivity index (χ3v) is 2.54. The predicted octanol–water partition coefficient (Wildman–Crippen LogP) is 2.41. The highest BCUT2D eigenvalue weighted by Gasteiger charge is 2.23. The van der Waals surface area contributed by atoms with E-state index in [4.69, 9.17) is 4.74 Å².